The highest BCUT2D eigenvalue weighted by atomic mass is 31.2. The molecular weight excluding hydrogens is 528 g/mol. The average Bonchev–Trinajstić information content (AvgIpc) is 3.15. The number of H-pyrrole nitrogens is 1. The van der Waals surface area contributed by atoms with Crippen LogP contribution >= 0.6 is 7.75 Å². The number of aliphatic hydroxyl groups is 1. The molecule has 1 fully saturated rings. The summed E-state index contributed by atoms with van der Waals surface area (Å²) in [5, 5.41) is 13.4. The van der Waals surface area contributed by atoms with E-state index >= 15 is 0 Å². The van der Waals surface area contributed by atoms with Crippen LogP contribution in [0.5, 0.6) is 5.75 Å². The lowest BCUT2D eigenvalue weighted by Crippen LogP contribution is -2.40. The summed E-state index contributed by atoms with van der Waals surface area (Å²) in [7, 11) is -4.28. The van der Waals surface area contributed by atoms with Crippen LogP contribution in [-0.4, -0.2) is 64.3 Å². The molecule has 1 aromatic carbocycles. The van der Waals surface area contributed by atoms with E-state index in [0.717, 1.165) is 4.57 Å². The molecule has 38 heavy (non-hydrogen) atoms. The first-order valence-electron chi connectivity index (χ1n) is 11.9. The molecule has 0 radical (unpaired) electrons. The zero-order valence-corrected chi connectivity index (χ0v) is 22.1. The first kappa shape index (κ1) is 29.7. The van der Waals surface area contributed by atoms with Gasteiger partial charge in [-0.25, -0.2) is 9.36 Å². The lowest BCUT2D eigenvalue weighted by molar-refractivity contribution is -0.149. The van der Waals surface area contributed by atoms with Crippen LogP contribution in [0.4, 0.5) is 4.39 Å². The largest absolute Gasteiger partial charge is 0.462 e. The van der Waals surface area contributed by atoms with Crippen LogP contribution in [0.1, 0.15) is 33.9 Å². The predicted octanol–water partition coefficient (Wildman–Crippen LogP) is 1.47. The predicted molar refractivity (Wildman–Crippen MR) is 131 cm³/mol. The molecule has 3 rings (SSSR count). The Bertz CT molecular complexity index is 1250. The Morgan fingerprint density at radius 1 is 1.26 bits per heavy atom. The number of benzene rings is 1. The third kappa shape index (κ3) is 7.37. The highest BCUT2D eigenvalue weighted by Crippen LogP contribution is 2.46. The normalized spacial score (nSPS) is 23.7. The van der Waals surface area contributed by atoms with Crippen molar-refractivity contribution in [1.29, 1.82) is 0 Å². The molecule has 6 unspecified atom stereocenters. The summed E-state index contributed by atoms with van der Waals surface area (Å²) in [6.07, 6.45) is -4.95. The molecule has 3 N–H and O–H groups in total. The number of carbonyl (C=O) groups is 1. The van der Waals surface area contributed by atoms with Crippen molar-refractivity contribution < 1.29 is 42.1 Å². The minimum absolute atomic E-state index is 0.0996. The summed E-state index contributed by atoms with van der Waals surface area (Å²) in [4.78, 5) is 37.9. The fourth-order valence-electron chi connectivity index (χ4n) is 3.61. The maximum Gasteiger partial charge on any atom is 0.459 e. The van der Waals surface area contributed by atoms with Gasteiger partial charge in [0, 0.05) is 6.61 Å². The summed E-state index contributed by atoms with van der Waals surface area (Å²) in [5.74, 6) is -1.78. The summed E-state index contributed by atoms with van der Waals surface area (Å²) in [5.41, 5.74) is -2.20. The molecular formula is C23H31FN3O10P. The molecule has 0 bridgehead atoms. The molecule has 13 nitrogen and oxygen atoms in total. The maximum atomic E-state index is 13.9. The van der Waals surface area contributed by atoms with Crippen molar-refractivity contribution in [3.05, 3.63) is 63.2 Å². The third-order valence-corrected chi connectivity index (χ3v) is 6.95. The molecule has 1 aliphatic heterocycles. The van der Waals surface area contributed by atoms with Crippen molar-refractivity contribution >= 4 is 13.7 Å². The first-order valence-corrected chi connectivity index (χ1v) is 13.4. The van der Waals surface area contributed by atoms with E-state index in [4.69, 9.17) is 23.3 Å². The lowest BCUT2D eigenvalue weighted by Gasteiger charge is -2.25. The number of nitrogens with one attached hydrogen (secondary N) is 2. The van der Waals surface area contributed by atoms with Crippen molar-refractivity contribution in [2.75, 3.05) is 13.2 Å². The summed E-state index contributed by atoms with van der Waals surface area (Å²) < 4.78 is 55.8. The van der Waals surface area contributed by atoms with Crippen molar-refractivity contribution in [2.45, 2.75) is 64.4 Å². The van der Waals surface area contributed by atoms with Gasteiger partial charge in [0.1, 0.15) is 30.1 Å². The van der Waals surface area contributed by atoms with Crippen LogP contribution in [0, 0.1) is 5.82 Å². The number of ether oxygens (including phenoxy) is 3. The zero-order valence-electron chi connectivity index (χ0n) is 21.2. The Morgan fingerprint density at radius 3 is 2.58 bits per heavy atom. The summed E-state index contributed by atoms with van der Waals surface area (Å²) in [6.45, 7) is 5.91. The van der Waals surface area contributed by atoms with Gasteiger partial charge in [-0.15, -0.1) is 0 Å². The second-order valence-electron chi connectivity index (χ2n) is 8.65. The average molecular weight is 559 g/mol. The monoisotopic (exact) mass is 559 g/mol. The van der Waals surface area contributed by atoms with Gasteiger partial charge in [0.25, 0.3) is 5.56 Å². The lowest BCUT2D eigenvalue weighted by atomic mass is 10.1. The van der Waals surface area contributed by atoms with E-state index in [9.17, 15) is 28.4 Å². The van der Waals surface area contributed by atoms with Gasteiger partial charge in [-0.1, -0.05) is 18.2 Å². The number of aromatic amines is 1. The molecule has 0 spiro atoms. The van der Waals surface area contributed by atoms with E-state index in [-0.39, 0.29) is 12.4 Å². The number of nitrogens with zero attached hydrogens (tertiary/aromatic N) is 1. The molecule has 210 valence electrons. The number of para-hydroxylation sites is 1. The first-order chi connectivity index (χ1) is 17.9. The molecule has 0 saturated carbocycles. The van der Waals surface area contributed by atoms with Crippen molar-refractivity contribution in [2.24, 2.45) is 0 Å². The molecule has 2 heterocycles. The Hall–Kier alpha value is -2.87. The Labute approximate surface area is 217 Å². The van der Waals surface area contributed by atoms with Gasteiger partial charge < -0.3 is 23.8 Å². The van der Waals surface area contributed by atoms with Crippen LogP contribution in [0.15, 0.2) is 46.1 Å². The van der Waals surface area contributed by atoms with Crippen LogP contribution < -0.4 is 20.9 Å². The molecule has 6 atom stereocenters. The van der Waals surface area contributed by atoms with Crippen LogP contribution in [0.3, 0.4) is 0 Å². The van der Waals surface area contributed by atoms with Crippen LogP contribution in [-0.2, 0) is 28.1 Å². The number of carbonyl (C=O) groups excluding carboxylic acids is 1. The number of aromatic nitrogens is 2. The fourth-order valence-corrected chi connectivity index (χ4v) is 5.11. The maximum absolute atomic E-state index is 13.9. The van der Waals surface area contributed by atoms with E-state index in [2.05, 4.69) is 5.09 Å². The van der Waals surface area contributed by atoms with Gasteiger partial charge >= 0.3 is 19.4 Å². The second-order valence-corrected chi connectivity index (χ2v) is 10.3. The second kappa shape index (κ2) is 12.8. The van der Waals surface area contributed by atoms with E-state index < -0.39 is 74.1 Å². The number of halogens is 1. The number of rotatable bonds is 12. The van der Waals surface area contributed by atoms with Crippen LogP contribution in [0.25, 0.3) is 0 Å². The van der Waals surface area contributed by atoms with E-state index in [1.54, 1.807) is 39.0 Å². The summed E-state index contributed by atoms with van der Waals surface area (Å²) in [6, 6.07) is 6.93. The molecule has 1 aliphatic rings. The van der Waals surface area contributed by atoms with E-state index in [0.29, 0.717) is 6.20 Å². The van der Waals surface area contributed by atoms with Gasteiger partial charge in [-0.05, 0) is 39.8 Å². The number of hydrogen-bond donors (Lipinski definition) is 3. The SMILES string of the molecule is CCOC1C(O)C(COP(=O)(NC(C)C(=O)OC(C)C)Oc2ccccc2)OC1n1cc(F)c(=O)[nH]c1=O. The Kier molecular flexibility index (Phi) is 9.99. The van der Waals surface area contributed by atoms with Crippen LogP contribution in [0.2, 0.25) is 0 Å². The molecule has 0 aliphatic carbocycles. The van der Waals surface area contributed by atoms with Gasteiger partial charge in [-0.2, -0.15) is 9.48 Å². The Balaban J connectivity index is 1.82. The molecule has 2 aromatic rings. The van der Waals surface area contributed by atoms with Crippen molar-refractivity contribution in [3.63, 3.8) is 0 Å². The molecule has 0 amide bonds. The van der Waals surface area contributed by atoms with E-state index in [1.165, 1.54) is 19.1 Å². The van der Waals surface area contributed by atoms with Gasteiger partial charge in [0.2, 0.25) is 5.82 Å². The van der Waals surface area contributed by atoms with Crippen molar-refractivity contribution in [3.8, 4) is 5.75 Å². The standard InChI is InChI=1S/C23H31FN3O10P/c1-5-33-19-18(28)17(36-21(19)27-11-16(24)20(29)25-23(27)31)12-34-38(32,37-15-9-7-6-8-10-15)26-14(4)22(30)35-13(2)3/h6-11,13-14,17-19,21,28H,5,12H2,1-4H3,(H,26,32)(H,25,29,31). The number of esters is 1. The smallest absolute Gasteiger partial charge is 0.459 e. The quantitative estimate of drug-likeness (QED) is 0.254. The minimum atomic E-state index is -4.28. The molecule has 15 heteroatoms. The number of hydrogen-bond acceptors (Lipinski definition) is 10. The third-order valence-electron chi connectivity index (χ3n) is 5.31. The minimum Gasteiger partial charge on any atom is -0.462 e. The van der Waals surface area contributed by atoms with Gasteiger partial charge in [-0.3, -0.25) is 23.7 Å². The summed E-state index contributed by atoms with van der Waals surface area (Å²) >= 11 is 0. The van der Waals surface area contributed by atoms with Gasteiger partial charge in [0.05, 0.1) is 18.9 Å². The molecule has 1 aromatic heterocycles. The van der Waals surface area contributed by atoms with E-state index in [1.807, 2.05) is 4.98 Å². The fraction of sp³-hybridized carbons (Fsp3) is 0.522. The Morgan fingerprint density at radius 2 is 1.95 bits per heavy atom. The highest BCUT2D eigenvalue weighted by Gasteiger charge is 2.47. The molecule has 1 saturated heterocycles. The zero-order chi connectivity index (χ0) is 28.0. The van der Waals surface area contributed by atoms with Gasteiger partial charge in [0.15, 0.2) is 6.23 Å². The number of aliphatic hydroxyl groups excluding tert-OH is 1. The van der Waals surface area contributed by atoms with Crippen molar-refractivity contribution in [1.82, 2.24) is 14.6 Å². The topological polar surface area (TPSA) is 167 Å². The highest BCUT2D eigenvalue weighted by molar-refractivity contribution is 7.52.